The highest BCUT2D eigenvalue weighted by Gasteiger charge is 2.19. The Hall–Kier alpha value is -2.36. The lowest BCUT2D eigenvalue weighted by atomic mass is 10.1. The van der Waals surface area contributed by atoms with Gasteiger partial charge in [0.25, 0.3) is 5.91 Å². The van der Waals surface area contributed by atoms with E-state index in [2.05, 4.69) is 20.5 Å². The Bertz CT molecular complexity index is 874. The van der Waals surface area contributed by atoms with E-state index >= 15 is 0 Å². The molecule has 0 atom stereocenters. The predicted octanol–water partition coefficient (Wildman–Crippen LogP) is 3.38. The molecule has 0 radical (unpaired) electrons. The molecule has 1 amide bonds. The van der Waals surface area contributed by atoms with Crippen LogP contribution in [0.5, 0.6) is 5.75 Å². The van der Waals surface area contributed by atoms with Crippen LogP contribution in [0.2, 0.25) is 0 Å². The molecule has 3 rings (SSSR count). The first-order valence-electron chi connectivity index (χ1n) is 7.35. The highest BCUT2D eigenvalue weighted by molar-refractivity contribution is 7.16. The number of anilines is 1. The van der Waals surface area contributed by atoms with E-state index in [4.69, 9.17) is 9.47 Å². The van der Waals surface area contributed by atoms with E-state index < -0.39 is 0 Å². The van der Waals surface area contributed by atoms with Crippen molar-refractivity contribution in [3.05, 3.63) is 39.2 Å². The molecule has 0 saturated heterocycles. The van der Waals surface area contributed by atoms with Crippen LogP contribution in [0.15, 0.2) is 24.3 Å². The molecule has 0 bridgehead atoms. The van der Waals surface area contributed by atoms with E-state index in [0.717, 1.165) is 16.3 Å². The summed E-state index contributed by atoms with van der Waals surface area (Å²) in [6, 6.07) is 7.44. The van der Waals surface area contributed by atoms with Crippen molar-refractivity contribution in [2.45, 2.75) is 13.5 Å². The minimum Gasteiger partial charge on any atom is -0.497 e. The Morgan fingerprint density at radius 1 is 1.16 bits per heavy atom. The highest BCUT2D eigenvalue weighted by Crippen LogP contribution is 2.30. The SMILES string of the molecule is COCc1nnc(NC(=O)c2sc(C)nc2-c2ccc(OC)cc2)s1. The van der Waals surface area contributed by atoms with Gasteiger partial charge in [-0.05, 0) is 31.2 Å². The summed E-state index contributed by atoms with van der Waals surface area (Å²) in [5.74, 6) is 0.498. The number of methoxy groups -OCH3 is 2. The average molecular weight is 376 g/mol. The maximum Gasteiger partial charge on any atom is 0.269 e. The average Bonchev–Trinajstić information content (AvgIpc) is 3.22. The van der Waals surface area contributed by atoms with Crippen LogP contribution in [-0.2, 0) is 11.3 Å². The second-order valence-electron chi connectivity index (χ2n) is 5.03. The number of aryl methyl sites for hydroxylation is 1. The molecular formula is C16H16N4O3S2. The smallest absolute Gasteiger partial charge is 0.269 e. The molecule has 1 N–H and O–H groups in total. The molecule has 25 heavy (non-hydrogen) atoms. The van der Waals surface area contributed by atoms with Gasteiger partial charge < -0.3 is 9.47 Å². The Labute approximate surface area is 152 Å². The highest BCUT2D eigenvalue weighted by atomic mass is 32.1. The van der Waals surface area contributed by atoms with Crippen LogP contribution in [0, 0.1) is 6.92 Å². The van der Waals surface area contributed by atoms with Crippen molar-refractivity contribution in [2.75, 3.05) is 19.5 Å². The van der Waals surface area contributed by atoms with Gasteiger partial charge in [-0.15, -0.1) is 21.5 Å². The summed E-state index contributed by atoms with van der Waals surface area (Å²) < 4.78 is 10.2. The molecule has 0 saturated carbocycles. The van der Waals surface area contributed by atoms with Gasteiger partial charge >= 0.3 is 0 Å². The minimum atomic E-state index is -0.253. The van der Waals surface area contributed by atoms with E-state index in [-0.39, 0.29) is 5.91 Å². The molecule has 1 aromatic carbocycles. The Kier molecular flexibility index (Phi) is 5.37. The van der Waals surface area contributed by atoms with Crippen molar-refractivity contribution < 1.29 is 14.3 Å². The number of rotatable bonds is 6. The fraction of sp³-hybridized carbons (Fsp3) is 0.250. The molecule has 0 aliphatic heterocycles. The quantitative estimate of drug-likeness (QED) is 0.710. The van der Waals surface area contributed by atoms with Gasteiger partial charge in [0.1, 0.15) is 22.2 Å². The van der Waals surface area contributed by atoms with E-state index in [0.29, 0.717) is 27.3 Å². The Morgan fingerprint density at radius 3 is 2.60 bits per heavy atom. The monoisotopic (exact) mass is 376 g/mol. The largest absolute Gasteiger partial charge is 0.497 e. The molecule has 130 valence electrons. The lowest BCUT2D eigenvalue weighted by Gasteiger charge is -2.04. The number of amides is 1. The third-order valence-corrected chi connectivity index (χ3v) is 5.04. The van der Waals surface area contributed by atoms with E-state index in [1.54, 1.807) is 14.2 Å². The van der Waals surface area contributed by atoms with Crippen LogP contribution in [-0.4, -0.2) is 35.3 Å². The summed E-state index contributed by atoms with van der Waals surface area (Å²) in [5.41, 5.74) is 1.50. The molecule has 9 heteroatoms. The first kappa shape index (κ1) is 17.5. The topological polar surface area (TPSA) is 86.2 Å². The summed E-state index contributed by atoms with van der Waals surface area (Å²) in [5, 5.41) is 12.6. The lowest BCUT2D eigenvalue weighted by molar-refractivity contribution is 0.103. The predicted molar refractivity (Wildman–Crippen MR) is 97.4 cm³/mol. The number of nitrogens with zero attached hydrogens (tertiary/aromatic N) is 3. The molecule has 3 aromatic rings. The van der Waals surface area contributed by atoms with Crippen molar-refractivity contribution in [1.29, 1.82) is 0 Å². The van der Waals surface area contributed by atoms with Crippen molar-refractivity contribution in [1.82, 2.24) is 15.2 Å². The first-order chi connectivity index (χ1) is 12.1. The van der Waals surface area contributed by atoms with Crippen LogP contribution in [0.1, 0.15) is 19.7 Å². The number of thiazole rings is 1. The summed E-state index contributed by atoms with van der Waals surface area (Å²) in [4.78, 5) is 17.7. The molecule has 2 aromatic heterocycles. The van der Waals surface area contributed by atoms with Gasteiger partial charge in [-0.1, -0.05) is 11.3 Å². The summed E-state index contributed by atoms with van der Waals surface area (Å²) in [7, 11) is 3.20. The number of carbonyl (C=O) groups is 1. The number of carbonyl (C=O) groups excluding carboxylic acids is 1. The van der Waals surface area contributed by atoms with Gasteiger partial charge in [-0.3, -0.25) is 10.1 Å². The fourth-order valence-corrected chi connectivity index (χ4v) is 3.71. The number of ether oxygens (including phenoxy) is 2. The number of hydrogen-bond donors (Lipinski definition) is 1. The third-order valence-electron chi connectivity index (χ3n) is 3.26. The van der Waals surface area contributed by atoms with Crippen LogP contribution in [0.25, 0.3) is 11.3 Å². The molecule has 0 aliphatic carbocycles. The van der Waals surface area contributed by atoms with Gasteiger partial charge in [0.15, 0.2) is 0 Å². The van der Waals surface area contributed by atoms with E-state index in [1.165, 1.54) is 22.7 Å². The van der Waals surface area contributed by atoms with Crippen molar-refractivity contribution in [3.63, 3.8) is 0 Å². The normalized spacial score (nSPS) is 10.7. The van der Waals surface area contributed by atoms with Gasteiger partial charge in [0.05, 0.1) is 17.8 Å². The zero-order valence-electron chi connectivity index (χ0n) is 13.9. The van der Waals surface area contributed by atoms with Crippen molar-refractivity contribution in [2.24, 2.45) is 0 Å². The molecular weight excluding hydrogens is 360 g/mol. The second-order valence-corrected chi connectivity index (χ2v) is 7.29. The Balaban J connectivity index is 1.84. The first-order valence-corrected chi connectivity index (χ1v) is 8.98. The van der Waals surface area contributed by atoms with E-state index in [9.17, 15) is 4.79 Å². The molecule has 7 nitrogen and oxygen atoms in total. The maximum absolute atomic E-state index is 12.7. The van der Waals surface area contributed by atoms with Crippen LogP contribution < -0.4 is 10.1 Å². The van der Waals surface area contributed by atoms with Crippen LogP contribution >= 0.6 is 22.7 Å². The molecule has 0 spiro atoms. The van der Waals surface area contributed by atoms with Gasteiger partial charge in [-0.25, -0.2) is 4.98 Å². The molecule has 2 heterocycles. The summed E-state index contributed by atoms with van der Waals surface area (Å²) >= 11 is 2.62. The number of hydrogen-bond acceptors (Lipinski definition) is 8. The van der Waals surface area contributed by atoms with Crippen molar-refractivity contribution in [3.8, 4) is 17.0 Å². The lowest BCUT2D eigenvalue weighted by Crippen LogP contribution is -2.11. The number of nitrogens with one attached hydrogen (secondary N) is 1. The fourth-order valence-electron chi connectivity index (χ4n) is 2.17. The maximum atomic E-state index is 12.7. The minimum absolute atomic E-state index is 0.253. The Morgan fingerprint density at radius 2 is 1.92 bits per heavy atom. The zero-order valence-corrected chi connectivity index (χ0v) is 15.5. The van der Waals surface area contributed by atoms with Crippen LogP contribution in [0.3, 0.4) is 0 Å². The third kappa shape index (κ3) is 4.01. The number of aromatic nitrogens is 3. The molecule has 0 fully saturated rings. The summed E-state index contributed by atoms with van der Waals surface area (Å²) in [6.45, 7) is 2.24. The van der Waals surface area contributed by atoms with Gasteiger partial charge in [0.2, 0.25) is 5.13 Å². The van der Waals surface area contributed by atoms with Crippen LogP contribution in [0.4, 0.5) is 5.13 Å². The number of benzene rings is 1. The zero-order chi connectivity index (χ0) is 17.8. The standard InChI is InChI=1S/C16H16N4O3S2/c1-9-17-13(10-4-6-11(23-3)7-5-10)14(24-9)15(21)18-16-20-19-12(25-16)8-22-2/h4-7H,8H2,1-3H3,(H,18,20,21). The molecule has 0 unspecified atom stereocenters. The second kappa shape index (κ2) is 7.68. The van der Waals surface area contributed by atoms with Gasteiger partial charge in [0, 0.05) is 12.7 Å². The molecule has 0 aliphatic rings. The van der Waals surface area contributed by atoms with E-state index in [1.807, 2.05) is 31.2 Å². The van der Waals surface area contributed by atoms with Gasteiger partial charge in [-0.2, -0.15) is 0 Å². The van der Waals surface area contributed by atoms with Crippen molar-refractivity contribution >= 4 is 33.7 Å². The summed E-state index contributed by atoms with van der Waals surface area (Å²) in [6.07, 6.45) is 0.